The monoisotopic (exact) mass is 379 g/mol. The molecule has 0 aromatic rings. The standard InChI is InChI=1S/C19H33N5O3/c1-12(2)17(20)18(26)23-16(9-15(22-5)10-21-4)19(27)24-8-6-7-14(11-24)13(3)25/h10,12,14,16-17,21H,5-9,11,20H2,1-4H3,(H,23,26)/b15-10-/t14-,16?,17-/m1/s1. The lowest BCUT2D eigenvalue weighted by atomic mass is 9.94. The second-order valence-corrected chi connectivity index (χ2v) is 7.35. The number of likely N-dealkylation sites (tertiary alicyclic amines) is 1. The van der Waals surface area contributed by atoms with Gasteiger partial charge in [-0.1, -0.05) is 13.8 Å². The Kier molecular flexibility index (Phi) is 9.14. The van der Waals surface area contributed by atoms with Crippen molar-refractivity contribution in [3.05, 3.63) is 11.9 Å². The lowest BCUT2D eigenvalue weighted by Gasteiger charge is -2.34. The van der Waals surface area contributed by atoms with E-state index >= 15 is 0 Å². The fourth-order valence-corrected chi connectivity index (χ4v) is 3.05. The molecule has 1 aliphatic rings. The van der Waals surface area contributed by atoms with E-state index in [-0.39, 0.29) is 35.9 Å². The first kappa shape index (κ1) is 22.8. The Bertz CT molecular complexity index is 588. The fourth-order valence-electron chi connectivity index (χ4n) is 3.05. The van der Waals surface area contributed by atoms with Crippen LogP contribution in [0, 0.1) is 11.8 Å². The van der Waals surface area contributed by atoms with Gasteiger partial charge in [-0.3, -0.25) is 19.4 Å². The predicted molar refractivity (Wildman–Crippen MR) is 106 cm³/mol. The van der Waals surface area contributed by atoms with Crippen LogP contribution in [-0.4, -0.2) is 61.4 Å². The summed E-state index contributed by atoms with van der Waals surface area (Å²) in [4.78, 5) is 42.8. The summed E-state index contributed by atoms with van der Waals surface area (Å²) < 4.78 is 0. The number of rotatable bonds is 9. The zero-order valence-electron chi connectivity index (χ0n) is 16.8. The first-order valence-electron chi connectivity index (χ1n) is 9.39. The molecule has 4 N–H and O–H groups in total. The van der Waals surface area contributed by atoms with Gasteiger partial charge >= 0.3 is 0 Å². The third kappa shape index (κ3) is 6.78. The SMILES string of the molecule is C=N/C(=C\NC)CC(NC(=O)[C@H](N)C(C)C)C(=O)N1CCC[C@@H](C(C)=O)C1. The maximum Gasteiger partial charge on any atom is 0.245 e. The van der Waals surface area contributed by atoms with Gasteiger partial charge in [0.1, 0.15) is 11.8 Å². The van der Waals surface area contributed by atoms with E-state index in [4.69, 9.17) is 5.73 Å². The molecule has 0 radical (unpaired) electrons. The maximum absolute atomic E-state index is 13.1. The Morgan fingerprint density at radius 1 is 1.37 bits per heavy atom. The third-order valence-corrected chi connectivity index (χ3v) is 4.87. The number of hydrogen-bond acceptors (Lipinski definition) is 6. The zero-order chi connectivity index (χ0) is 20.6. The number of nitrogens with zero attached hydrogens (tertiary/aromatic N) is 2. The average Bonchev–Trinajstić information content (AvgIpc) is 2.65. The van der Waals surface area contributed by atoms with E-state index in [1.54, 1.807) is 25.1 Å². The number of hydrogen-bond donors (Lipinski definition) is 3. The molecule has 0 bridgehead atoms. The van der Waals surface area contributed by atoms with Gasteiger partial charge in [0.25, 0.3) is 0 Å². The Morgan fingerprint density at radius 2 is 2.04 bits per heavy atom. The molecule has 27 heavy (non-hydrogen) atoms. The number of amides is 2. The van der Waals surface area contributed by atoms with E-state index in [0.29, 0.717) is 18.8 Å². The van der Waals surface area contributed by atoms with Crippen molar-refractivity contribution in [2.45, 2.75) is 52.1 Å². The van der Waals surface area contributed by atoms with Gasteiger partial charge < -0.3 is 21.3 Å². The number of carbonyl (C=O) groups excluding carboxylic acids is 3. The molecule has 3 atom stereocenters. The minimum absolute atomic E-state index is 0.0531. The highest BCUT2D eigenvalue weighted by Crippen LogP contribution is 2.19. The first-order chi connectivity index (χ1) is 12.7. The zero-order valence-corrected chi connectivity index (χ0v) is 16.8. The van der Waals surface area contributed by atoms with Crippen LogP contribution in [0.25, 0.3) is 0 Å². The normalized spacial score (nSPS) is 20.0. The number of Topliss-reactive ketones (excluding diaryl/α,β-unsaturated/α-hetero) is 1. The number of aliphatic imine (C=N–C) groups is 1. The van der Waals surface area contributed by atoms with Crippen molar-refractivity contribution >= 4 is 24.3 Å². The molecular weight excluding hydrogens is 346 g/mol. The van der Waals surface area contributed by atoms with Crippen molar-refractivity contribution in [2.24, 2.45) is 22.6 Å². The quantitative estimate of drug-likeness (QED) is 0.502. The van der Waals surface area contributed by atoms with Gasteiger partial charge in [-0.15, -0.1) is 0 Å². The fraction of sp³-hybridized carbons (Fsp3) is 0.684. The molecular formula is C19H33N5O3. The highest BCUT2D eigenvalue weighted by Gasteiger charge is 2.33. The lowest BCUT2D eigenvalue weighted by molar-refractivity contribution is -0.139. The van der Waals surface area contributed by atoms with Crippen molar-refractivity contribution in [1.29, 1.82) is 0 Å². The summed E-state index contributed by atoms with van der Waals surface area (Å²) in [5, 5.41) is 5.62. The number of nitrogens with one attached hydrogen (secondary N) is 2. The summed E-state index contributed by atoms with van der Waals surface area (Å²) in [6.45, 7) is 9.71. The molecule has 0 aromatic carbocycles. The topological polar surface area (TPSA) is 117 Å². The third-order valence-electron chi connectivity index (χ3n) is 4.87. The molecule has 0 aromatic heterocycles. The van der Waals surface area contributed by atoms with Crippen LogP contribution < -0.4 is 16.4 Å². The summed E-state index contributed by atoms with van der Waals surface area (Å²) in [7, 11) is 1.72. The van der Waals surface area contributed by atoms with Crippen molar-refractivity contribution < 1.29 is 14.4 Å². The molecule has 1 aliphatic heterocycles. The summed E-state index contributed by atoms with van der Waals surface area (Å²) in [6.07, 6.45) is 3.38. The van der Waals surface area contributed by atoms with Crippen molar-refractivity contribution in [3.8, 4) is 0 Å². The lowest BCUT2D eigenvalue weighted by Crippen LogP contribution is -2.55. The van der Waals surface area contributed by atoms with Crippen LogP contribution in [0.15, 0.2) is 16.9 Å². The molecule has 1 unspecified atom stereocenters. The van der Waals surface area contributed by atoms with E-state index in [2.05, 4.69) is 22.3 Å². The molecule has 0 spiro atoms. The summed E-state index contributed by atoms with van der Waals surface area (Å²) >= 11 is 0. The minimum Gasteiger partial charge on any atom is -0.393 e. The van der Waals surface area contributed by atoms with E-state index in [0.717, 1.165) is 12.8 Å². The molecule has 1 fully saturated rings. The Labute approximate surface area is 161 Å². The largest absolute Gasteiger partial charge is 0.393 e. The molecule has 0 saturated carbocycles. The first-order valence-corrected chi connectivity index (χ1v) is 9.39. The van der Waals surface area contributed by atoms with E-state index in [1.165, 1.54) is 0 Å². The highest BCUT2D eigenvalue weighted by atomic mass is 16.2. The van der Waals surface area contributed by atoms with Crippen molar-refractivity contribution in [2.75, 3.05) is 20.1 Å². The van der Waals surface area contributed by atoms with E-state index in [1.807, 2.05) is 13.8 Å². The van der Waals surface area contributed by atoms with Crippen LogP contribution >= 0.6 is 0 Å². The van der Waals surface area contributed by atoms with Crippen LogP contribution in [0.3, 0.4) is 0 Å². The molecule has 1 rings (SSSR count). The van der Waals surface area contributed by atoms with Gasteiger partial charge in [-0.05, 0) is 32.4 Å². The van der Waals surface area contributed by atoms with E-state index < -0.39 is 12.1 Å². The van der Waals surface area contributed by atoms with Crippen LogP contribution in [0.4, 0.5) is 0 Å². The van der Waals surface area contributed by atoms with Gasteiger partial charge in [-0.2, -0.15) is 0 Å². The molecule has 0 aliphatic carbocycles. The van der Waals surface area contributed by atoms with Gasteiger partial charge in [-0.25, -0.2) is 0 Å². The number of piperidine rings is 1. The smallest absolute Gasteiger partial charge is 0.245 e. The Balaban J connectivity index is 2.99. The molecule has 8 nitrogen and oxygen atoms in total. The second-order valence-electron chi connectivity index (χ2n) is 7.35. The summed E-state index contributed by atoms with van der Waals surface area (Å²) in [5.41, 5.74) is 6.48. The van der Waals surface area contributed by atoms with Crippen molar-refractivity contribution in [1.82, 2.24) is 15.5 Å². The Morgan fingerprint density at radius 3 is 2.56 bits per heavy atom. The second kappa shape index (κ2) is 10.8. The Hall–Kier alpha value is -2.22. The summed E-state index contributed by atoms with van der Waals surface area (Å²) in [6, 6.07) is -1.52. The molecule has 8 heteroatoms. The van der Waals surface area contributed by atoms with Crippen LogP contribution in [0.1, 0.15) is 40.0 Å². The number of carbonyl (C=O) groups is 3. The predicted octanol–water partition coefficient (Wildman–Crippen LogP) is 0.434. The van der Waals surface area contributed by atoms with Crippen LogP contribution in [0.2, 0.25) is 0 Å². The highest BCUT2D eigenvalue weighted by molar-refractivity contribution is 5.90. The number of nitrogens with two attached hydrogens (primary N) is 1. The van der Waals surface area contributed by atoms with Crippen LogP contribution in [-0.2, 0) is 14.4 Å². The van der Waals surface area contributed by atoms with Gasteiger partial charge in [0, 0.05) is 38.7 Å². The minimum atomic E-state index is -0.807. The van der Waals surface area contributed by atoms with Crippen molar-refractivity contribution in [3.63, 3.8) is 0 Å². The van der Waals surface area contributed by atoms with Gasteiger partial charge in [0.2, 0.25) is 11.8 Å². The number of ketones is 1. The van der Waals surface area contributed by atoms with Gasteiger partial charge in [0.15, 0.2) is 0 Å². The molecule has 2 amide bonds. The van der Waals surface area contributed by atoms with Crippen LogP contribution in [0.5, 0.6) is 0 Å². The maximum atomic E-state index is 13.1. The van der Waals surface area contributed by atoms with E-state index in [9.17, 15) is 14.4 Å². The van der Waals surface area contributed by atoms with Gasteiger partial charge in [0.05, 0.1) is 11.7 Å². The average molecular weight is 380 g/mol. The molecule has 1 heterocycles. The summed E-state index contributed by atoms with van der Waals surface area (Å²) in [5.74, 6) is -0.727. The molecule has 1 saturated heterocycles. The molecule has 152 valence electrons.